The molecule has 6 nitrogen and oxygen atoms in total. The van der Waals surface area contributed by atoms with Crippen LogP contribution in [0.1, 0.15) is 0 Å². The van der Waals surface area contributed by atoms with Crippen LogP contribution >= 0.6 is 11.3 Å². The fourth-order valence-corrected chi connectivity index (χ4v) is 2.86. The molecule has 0 aliphatic rings. The molecule has 3 rings (SSSR count). The highest BCUT2D eigenvalue weighted by molar-refractivity contribution is 7.22. The number of pyridine rings is 1. The van der Waals surface area contributed by atoms with E-state index in [9.17, 15) is 8.78 Å². The Balaban J connectivity index is 2.10. The molecule has 3 aromatic heterocycles. The summed E-state index contributed by atoms with van der Waals surface area (Å²) in [4.78, 5) is 8.35. The number of rotatable bonds is 4. The van der Waals surface area contributed by atoms with Gasteiger partial charge in [-0.25, -0.2) is 18.7 Å². The van der Waals surface area contributed by atoms with E-state index in [0.29, 0.717) is 22.1 Å². The molecule has 3 heterocycles. The number of aromatic nitrogens is 4. The molecule has 0 aliphatic heterocycles. The number of methoxy groups -OCH3 is 1. The van der Waals surface area contributed by atoms with Gasteiger partial charge in [0, 0.05) is 23.5 Å². The minimum absolute atomic E-state index is 0.377. The minimum Gasteiger partial charge on any atom is -0.479 e. The smallest absolute Gasteiger partial charge is 0.257 e. The fraction of sp³-hybridized carbons (Fsp3) is 0.250. The third-order valence-electron chi connectivity index (χ3n) is 2.86. The quantitative estimate of drug-likeness (QED) is 0.800. The van der Waals surface area contributed by atoms with Crippen molar-refractivity contribution in [2.24, 2.45) is 0 Å². The van der Waals surface area contributed by atoms with Gasteiger partial charge in [-0.15, -0.1) is 0 Å². The first kappa shape index (κ1) is 13.7. The van der Waals surface area contributed by atoms with Gasteiger partial charge in [0.05, 0.1) is 18.0 Å². The van der Waals surface area contributed by atoms with Crippen LogP contribution < -0.4 is 10.5 Å². The highest BCUT2D eigenvalue weighted by Gasteiger charge is 2.16. The molecule has 0 saturated heterocycles. The van der Waals surface area contributed by atoms with Gasteiger partial charge in [-0.1, -0.05) is 11.3 Å². The van der Waals surface area contributed by atoms with E-state index >= 15 is 0 Å². The first-order valence-electron chi connectivity index (χ1n) is 5.98. The summed E-state index contributed by atoms with van der Waals surface area (Å²) in [6, 6.07) is 0. The molecule has 0 atom stereocenters. The first-order chi connectivity index (χ1) is 10.1. The maximum absolute atomic E-state index is 12.4. The van der Waals surface area contributed by atoms with Crippen molar-refractivity contribution in [3.63, 3.8) is 0 Å². The number of nitrogen functional groups attached to an aromatic ring is 1. The Hall–Kier alpha value is -2.29. The van der Waals surface area contributed by atoms with Crippen LogP contribution in [-0.4, -0.2) is 33.3 Å². The summed E-state index contributed by atoms with van der Waals surface area (Å²) in [5, 5.41) is 4.31. The predicted molar refractivity (Wildman–Crippen MR) is 75.6 cm³/mol. The molecule has 9 heteroatoms. The lowest BCUT2D eigenvalue weighted by Crippen LogP contribution is -2.06. The van der Waals surface area contributed by atoms with Crippen molar-refractivity contribution >= 4 is 26.7 Å². The van der Waals surface area contributed by atoms with Gasteiger partial charge in [0.15, 0.2) is 5.13 Å². The largest absolute Gasteiger partial charge is 0.479 e. The molecule has 0 unspecified atom stereocenters. The second-order valence-electron chi connectivity index (χ2n) is 4.25. The van der Waals surface area contributed by atoms with Crippen molar-refractivity contribution in [1.82, 2.24) is 19.7 Å². The third kappa shape index (κ3) is 2.51. The minimum atomic E-state index is -2.45. The molecule has 21 heavy (non-hydrogen) atoms. The third-order valence-corrected chi connectivity index (χ3v) is 3.78. The van der Waals surface area contributed by atoms with E-state index in [1.54, 1.807) is 12.4 Å². The maximum Gasteiger partial charge on any atom is 0.257 e. The van der Waals surface area contributed by atoms with Crippen LogP contribution in [0, 0.1) is 0 Å². The number of anilines is 1. The zero-order chi connectivity index (χ0) is 15.0. The number of thiazole rings is 1. The van der Waals surface area contributed by atoms with Crippen LogP contribution in [0.4, 0.5) is 13.9 Å². The van der Waals surface area contributed by atoms with Crippen LogP contribution in [0.2, 0.25) is 0 Å². The maximum atomic E-state index is 12.4. The second-order valence-corrected chi connectivity index (χ2v) is 5.28. The Bertz CT molecular complexity index is 785. The summed E-state index contributed by atoms with van der Waals surface area (Å²) in [6.07, 6.45) is 2.21. The summed E-state index contributed by atoms with van der Waals surface area (Å²) in [5.41, 5.74) is 7.71. The van der Waals surface area contributed by atoms with Crippen molar-refractivity contribution in [2.45, 2.75) is 13.0 Å². The first-order valence-corrected chi connectivity index (χ1v) is 6.80. The second kappa shape index (κ2) is 5.24. The van der Waals surface area contributed by atoms with Crippen LogP contribution in [0.5, 0.6) is 5.88 Å². The molecule has 2 N–H and O–H groups in total. The van der Waals surface area contributed by atoms with E-state index < -0.39 is 13.0 Å². The number of fused-ring (bicyclic) bond motifs is 1. The Labute approximate surface area is 122 Å². The van der Waals surface area contributed by atoms with Gasteiger partial charge < -0.3 is 10.5 Å². The Morgan fingerprint density at radius 2 is 2.24 bits per heavy atom. The molecular formula is C12H11F2N5OS. The van der Waals surface area contributed by atoms with Crippen molar-refractivity contribution in [2.75, 3.05) is 12.8 Å². The lowest BCUT2D eigenvalue weighted by molar-refractivity contribution is 0.122. The highest BCUT2D eigenvalue weighted by atomic mass is 32.1. The number of hydrogen-bond acceptors (Lipinski definition) is 6. The molecule has 0 spiro atoms. The van der Waals surface area contributed by atoms with Crippen LogP contribution in [0.25, 0.3) is 21.3 Å². The predicted octanol–water partition coefficient (Wildman–Crippen LogP) is 2.41. The highest BCUT2D eigenvalue weighted by Crippen LogP contribution is 2.37. The van der Waals surface area contributed by atoms with E-state index in [1.165, 1.54) is 29.3 Å². The van der Waals surface area contributed by atoms with Crippen molar-refractivity contribution < 1.29 is 13.5 Å². The summed E-state index contributed by atoms with van der Waals surface area (Å²) in [7, 11) is 1.50. The molecule has 0 saturated carbocycles. The molecule has 110 valence electrons. The Morgan fingerprint density at radius 3 is 2.95 bits per heavy atom. The zero-order valence-corrected chi connectivity index (χ0v) is 11.8. The topological polar surface area (TPSA) is 78.9 Å². The van der Waals surface area contributed by atoms with Gasteiger partial charge in [-0.05, 0) is 0 Å². The summed E-state index contributed by atoms with van der Waals surface area (Å²) < 4.78 is 31.9. The van der Waals surface area contributed by atoms with Crippen molar-refractivity contribution in [3.05, 3.63) is 18.6 Å². The van der Waals surface area contributed by atoms with E-state index in [1.807, 2.05) is 0 Å². The SMILES string of the molecule is COc1ncc(-c2cnn(CC(F)F)c2)c2sc(N)nc12. The van der Waals surface area contributed by atoms with Crippen molar-refractivity contribution in [1.29, 1.82) is 0 Å². The van der Waals surface area contributed by atoms with Crippen LogP contribution in [0.3, 0.4) is 0 Å². The zero-order valence-electron chi connectivity index (χ0n) is 11.0. The van der Waals surface area contributed by atoms with E-state index in [4.69, 9.17) is 10.5 Å². The van der Waals surface area contributed by atoms with Gasteiger partial charge in [-0.3, -0.25) is 4.68 Å². The van der Waals surface area contributed by atoms with Gasteiger partial charge in [0.25, 0.3) is 6.43 Å². The number of alkyl halides is 2. The Morgan fingerprint density at radius 1 is 1.43 bits per heavy atom. The number of ether oxygens (including phenoxy) is 1. The standard InChI is InChI=1S/C12H11F2N5OS/c1-20-11-9-10(21-12(15)18-9)7(3-16-11)6-2-17-19(4-6)5-8(13)14/h2-4,8H,5H2,1H3,(H2,15,18). The number of hydrogen-bond donors (Lipinski definition) is 1. The van der Waals surface area contributed by atoms with Crippen molar-refractivity contribution in [3.8, 4) is 17.0 Å². The van der Waals surface area contributed by atoms with Crippen LogP contribution in [-0.2, 0) is 6.54 Å². The summed E-state index contributed by atoms with van der Waals surface area (Å²) in [5.74, 6) is 0.377. The average molecular weight is 311 g/mol. The summed E-state index contributed by atoms with van der Waals surface area (Å²) >= 11 is 1.29. The Kier molecular flexibility index (Phi) is 3.42. The molecule has 0 aliphatic carbocycles. The lowest BCUT2D eigenvalue weighted by Gasteiger charge is -2.03. The number of halogens is 2. The van der Waals surface area contributed by atoms with Gasteiger partial charge in [0.1, 0.15) is 12.1 Å². The normalized spacial score (nSPS) is 11.4. The number of nitrogens with two attached hydrogens (primary N) is 1. The summed E-state index contributed by atoms with van der Waals surface area (Å²) in [6.45, 7) is -0.447. The molecule has 3 aromatic rings. The van der Waals surface area contributed by atoms with E-state index in [2.05, 4.69) is 15.1 Å². The van der Waals surface area contributed by atoms with Gasteiger partial charge in [-0.2, -0.15) is 5.10 Å². The molecule has 0 amide bonds. The van der Waals surface area contributed by atoms with Gasteiger partial charge >= 0.3 is 0 Å². The monoisotopic (exact) mass is 311 g/mol. The van der Waals surface area contributed by atoms with E-state index in [0.717, 1.165) is 10.3 Å². The van der Waals surface area contributed by atoms with Gasteiger partial charge in [0.2, 0.25) is 5.88 Å². The average Bonchev–Trinajstić information content (AvgIpc) is 3.02. The van der Waals surface area contributed by atoms with E-state index in [-0.39, 0.29) is 0 Å². The fourth-order valence-electron chi connectivity index (χ4n) is 2.01. The molecule has 0 bridgehead atoms. The number of nitrogens with zero attached hydrogens (tertiary/aromatic N) is 4. The molecule has 0 aromatic carbocycles. The molecule has 0 radical (unpaired) electrons. The van der Waals surface area contributed by atoms with Crippen LogP contribution in [0.15, 0.2) is 18.6 Å². The lowest BCUT2D eigenvalue weighted by atomic mass is 10.1. The molecule has 0 fully saturated rings. The molecular weight excluding hydrogens is 300 g/mol.